The van der Waals surface area contributed by atoms with Gasteiger partial charge in [0, 0.05) is 19.9 Å². The van der Waals surface area contributed by atoms with Crippen LogP contribution in [0.15, 0.2) is 34.3 Å². The maximum absolute atomic E-state index is 12.4. The van der Waals surface area contributed by atoms with Gasteiger partial charge in [-0.3, -0.25) is 24.3 Å². The van der Waals surface area contributed by atoms with Gasteiger partial charge in [0.05, 0.1) is 24.2 Å². The molecule has 0 aliphatic carbocycles. The molecule has 0 saturated heterocycles. The Morgan fingerprint density at radius 3 is 2.73 bits per heavy atom. The van der Waals surface area contributed by atoms with Crippen molar-refractivity contribution in [2.75, 3.05) is 13.6 Å². The highest BCUT2D eigenvalue weighted by atomic mass is 16.2. The second-order valence-electron chi connectivity index (χ2n) is 6.98. The van der Waals surface area contributed by atoms with E-state index in [-0.39, 0.29) is 42.8 Å². The van der Waals surface area contributed by atoms with Crippen LogP contribution in [0.5, 0.6) is 0 Å². The van der Waals surface area contributed by atoms with Crippen LogP contribution in [0, 0.1) is 0 Å². The molecule has 0 spiro atoms. The summed E-state index contributed by atoms with van der Waals surface area (Å²) in [6.07, 6.45) is 1.23. The molecule has 2 aliphatic rings. The summed E-state index contributed by atoms with van der Waals surface area (Å²) in [6.45, 7) is 1.96. The molecule has 26 heavy (non-hydrogen) atoms. The van der Waals surface area contributed by atoms with E-state index in [0.29, 0.717) is 18.6 Å². The van der Waals surface area contributed by atoms with Gasteiger partial charge < -0.3 is 5.73 Å². The van der Waals surface area contributed by atoms with E-state index in [1.54, 1.807) is 7.05 Å². The van der Waals surface area contributed by atoms with Crippen LogP contribution in [0.1, 0.15) is 37.3 Å². The third kappa shape index (κ3) is 3.56. The Morgan fingerprint density at radius 2 is 2.08 bits per heavy atom. The van der Waals surface area contributed by atoms with Crippen molar-refractivity contribution in [1.29, 1.82) is 0 Å². The Kier molecular flexibility index (Phi) is 4.71. The van der Waals surface area contributed by atoms with E-state index in [2.05, 4.69) is 9.98 Å². The quantitative estimate of drug-likeness (QED) is 0.870. The van der Waals surface area contributed by atoms with Crippen molar-refractivity contribution < 1.29 is 14.4 Å². The SMILES string of the molecule is CN1C(=O)CC(C)(c2cccc(CC(=O)C3=NCC(=O)CC3)c2)N=C1N. The van der Waals surface area contributed by atoms with Gasteiger partial charge in [-0.1, -0.05) is 24.3 Å². The Morgan fingerprint density at radius 1 is 1.31 bits per heavy atom. The number of rotatable bonds is 4. The molecule has 1 atom stereocenters. The average Bonchev–Trinajstić information content (AvgIpc) is 2.60. The van der Waals surface area contributed by atoms with E-state index in [4.69, 9.17) is 5.73 Å². The van der Waals surface area contributed by atoms with E-state index >= 15 is 0 Å². The van der Waals surface area contributed by atoms with Gasteiger partial charge >= 0.3 is 0 Å². The van der Waals surface area contributed by atoms with Crippen molar-refractivity contribution in [2.45, 2.75) is 38.1 Å². The van der Waals surface area contributed by atoms with E-state index in [9.17, 15) is 14.4 Å². The van der Waals surface area contributed by atoms with Crippen LogP contribution in [-0.4, -0.2) is 47.6 Å². The highest BCUT2D eigenvalue weighted by molar-refractivity contribution is 6.41. The lowest BCUT2D eigenvalue weighted by molar-refractivity contribution is -0.128. The number of nitrogens with two attached hydrogens (primary N) is 1. The molecule has 1 aromatic rings. The zero-order valence-electron chi connectivity index (χ0n) is 15.0. The normalized spacial score (nSPS) is 23.5. The molecular weight excluding hydrogens is 332 g/mol. The third-order valence-corrected chi connectivity index (χ3v) is 4.90. The minimum absolute atomic E-state index is 0.0673. The fourth-order valence-electron chi connectivity index (χ4n) is 3.21. The summed E-state index contributed by atoms with van der Waals surface area (Å²) in [5.74, 6) is 0.0929. The number of benzene rings is 1. The summed E-state index contributed by atoms with van der Waals surface area (Å²) < 4.78 is 0. The van der Waals surface area contributed by atoms with Gasteiger partial charge in [0.15, 0.2) is 17.5 Å². The summed E-state index contributed by atoms with van der Waals surface area (Å²) in [5.41, 5.74) is 7.27. The molecule has 7 heteroatoms. The van der Waals surface area contributed by atoms with Gasteiger partial charge in [0.2, 0.25) is 5.91 Å². The Labute approximate surface area is 152 Å². The number of carbonyl (C=O) groups excluding carboxylic acids is 3. The highest BCUT2D eigenvalue weighted by Gasteiger charge is 2.36. The predicted octanol–water partition coefficient (Wildman–Crippen LogP) is 0.994. The first kappa shape index (κ1) is 18.0. The lowest BCUT2D eigenvalue weighted by Gasteiger charge is -2.33. The van der Waals surface area contributed by atoms with Crippen LogP contribution >= 0.6 is 0 Å². The number of Topliss-reactive ketones (excluding diaryl/α,β-unsaturated/α-hetero) is 2. The molecule has 2 aliphatic heterocycles. The highest BCUT2D eigenvalue weighted by Crippen LogP contribution is 2.33. The number of guanidine groups is 1. The fourth-order valence-corrected chi connectivity index (χ4v) is 3.21. The monoisotopic (exact) mass is 354 g/mol. The van der Waals surface area contributed by atoms with Gasteiger partial charge in [0.25, 0.3) is 0 Å². The first-order valence-electron chi connectivity index (χ1n) is 8.58. The van der Waals surface area contributed by atoms with E-state index in [1.165, 1.54) is 4.90 Å². The topological polar surface area (TPSA) is 105 Å². The summed E-state index contributed by atoms with van der Waals surface area (Å²) >= 11 is 0. The summed E-state index contributed by atoms with van der Waals surface area (Å²) in [5, 5.41) is 0. The molecule has 3 rings (SSSR count). The molecule has 0 radical (unpaired) electrons. The van der Waals surface area contributed by atoms with E-state index in [1.807, 2.05) is 31.2 Å². The average molecular weight is 354 g/mol. The zero-order chi connectivity index (χ0) is 18.9. The number of amides is 1. The molecule has 1 amide bonds. The molecule has 2 N–H and O–H groups in total. The molecule has 0 saturated carbocycles. The Balaban J connectivity index is 1.82. The van der Waals surface area contributed by atoms with Gasteiger partial charge in [-0.25, -0.2) is 4.99 Å². The molecular formula is C19H22N4O3. The van der Waals surface area contributed by atoms with Crippen molar-refractivity contribution in [3.05, 3.63) is 35.4 Å². The number of carbonyl (C=O) groups is 3. The molecule has 1 unspecified atom stereocenters. The predicted molar refractivity (Wildman–Crippen MR) is 98.1 cm³/mol. The molecule has 0 aromatic heterocycles. The molecule has 136 valence electrons. The third-order valence-electron chi connectivity index (χ3n) is 4.90. The van der Waals surface area contributed by atoms with Gasteiger partial charge in [-0.05, 0) is 24.5 Å². The number of aliphatic imine (C=N–C) groups is 2. The largest absolute Gasteiger partial charge is 0.369 e. The number of ketones is 2. The van der Waals surface area contributed by atoms with Crippen molar-refractivity contribution >= 4 is 29.1 Å². The standard InChI is InChI=1S/C19H22N4O3/c1-19(10-17(26)23(2)18(20)22-19)13-5-3-4-12(8-13)9-16(25)15-7-6-14(24)11-21-15/h3-5,8H,6-7,9-11H2,1-2H3,(H2,20,22). The van der Waals surface area contributed by atoms with Gasteiger partial charge in [-0.2, -0.15) is 0 Å². The van der Waals surface area contributed by atoms with Crippen molar-refractivity contribution in [3.8, 4) is 0 Å². The first-order valence-corrected chi connectivity index (χ1v) is 8.58. The summed E-state index contributed by atoms with van der Waals surface area (Å²) in [7, 11) is 1.60. The van der Waals surface area contributed by atoms with Crippen molar-refractivity contribution in [2.24, 2.45) is 15.7 Å². The Bertz CT molecular complexity index is 843. The maximum atomic E-state index is 12.4. The molecule has 1 aromatic carbocycles. The lowest BCUT2D eigenvalue weighted by atomic mass is 9.86. The van der Waals surface area contributed by atoms with E-state index < -0.39 is 5.54 Å². The smallest absolute Gasteiger partial charge is 0.231 e. The van der Waals surface area contributed by atoms with Gasteiger partial charge in [-0.15, -0.1) is 0 Å². The van der Waals surface area contributed by atoms with Crippen molar-refractivity contribution in [1.82, 2.24) is 4.90 Å². The first-order chi connectivity index (χ1) is 12.3. The van der Waals surface area contributed by atoms with Crippen LogP contribution in [0.3, 0.4) is 0 Å². The van der Waals surface area contributed by atoms with E-state index in [0.717, 1.165) is 11.1 Å². The second kappa shape index (κ2) is 6.82. The van der Waals surface area contributed by atoms with Gasteiger partial charge in [0.1, 0.15) is 0 Å². The van der Waals surface area contributed by atoms with Crippen LogP contribution in [-0.2, 0) is 26.3 Å². The molecule has 0 fully saturated rings. The van der Waals surface area contributed by atoms with Crippen LogP contribution in [0.2, 0.25) is 0 Å². The fraction of sp³-hybridized carbons (Fsp3) is 0.421. The maximum Gasteiger partial charge on any atom is 0.231 e. The summed E-state index contributed by atoms with van der Waals surface area (Å²) in [6, 6.07) is 7.50. The lowest BCUT2D eigenvalue weighted by Crippen LogP contribution is -2.47. The number of hydrogen-bond acceptors (Lipinski definition) is 6. The second-order valence-corrected chi connectivity index (χ2v) is 6.98. The minimum atomic E-state index is -0.749. The van der Waals surface area contributed by atoms with Crippen LogP contribution in [0.4, 0.5) is 0 Å². The van der Waals surface area contributed by atoms with Crippen LogP contribution in [0.25, 0.3) is 0 Å². The minimum Gasteiger partial charge on any atom is -0.369 e. The summed E-state index contributed by atoms with van der Waals surface area (Å²) in [4.78, 5) is 45.8. The molecule has 7 nitrogen and oxygen atoms in total. The number of nitrogens with zero attached hydrogens (tertiary/aromatic N) is 3. The number of hydrogen-bond donors (Lipinski definition) is 1. The van der Waals surface area contributed by atoms with Crippen molar-refractivity contribution in [3.63, 3.8) is 0 Å². The zero-order valence-corrected chi connectivity index (χ0v) is 15.0. The Hall–Kier alpha value is -2.83. The molecule has 2 heterocycles. The molecule has 0 bridgehead atoms. The van der Waals surface area contributed by atoms with Crippen LogP contribution < -0.4 is 5.73 Å².